The van der Waals surface area contributed by atoms with Gasteiger partial charge < -0.3 is 16.4 Å². The van der Waals surface area contributed by atoms with Crippen molar-refractivity contribution in [2.24, 2.45) is 0 Å². The maximum absolute atomic E-state index is 12.9. The normalized spacial score (nSPS) is 16.6. The third kappa shape index (κ3) is 6.42. The van der Waals surface area contributed by atoms with Crippen molar-refractivity contribution in [3.63, 3.8) is 0 Å². The Morgan fingerprint density at radius 2 is 2.03 bits per heavy atom. The summed E-state index contributed by atoms with van der Waals surface area (Å²) in [7, 11) is 0. The highest BCUT2D eigenvalue weighted by Gasteiger charge is 2.27. The SMILES string of the molecule is C[C@H](C(=O)N[C@@H](Cc1cccc(Cl)c1)C(=O)NCc1cnc(N)s1)N1CCCCC1. The molecule has 2 heterocycles. The van der Waals surface area contributed by atoms with Gasteiger partial charge in [0, 0.05) is 22.5 Å². The molecule has 162 valence electrons. The molecule has 2 atom stereocenters. The summed E-state index contributed by atoms with van der Waals surface area (Å²) in [5, 5.41) is 6.89. The molecule has 2 amide bonds. The lowest BCUT2D eigenvalue weighted by Crippen LogP contribution is -2.54. The number of nitrogens with zero attached hydrogens (tertiary/aromatic N) is 2. The van der Waals surface area contributed by atoms with Gasteiger partial charge in [0.25, 0.3) is 0 Å². The predicted octanol–water partition coefficient (Wildman–Crippen LogP) is 2.60. The first-order valence-electron chi connectivity index (χ1n) is 10.2. The molecule has 0 saturated carbocycles. The second kappa shape index (κ2) is 10.7. The van der Waals surface area contributed by atoms with Crippen LogP contribution in [-0.2, 0) is 22.6 Å². The van der Waals surface area contributed by atoms with E-state index in [0.717, 1.165) is 36.4 Å². The number of nitrogens with one attached hydrogen (secondary N) is 2. The summed E-state index contributed by atoms with van der Waals surface area (Å²) in [6.07, 6.45) is 5.40. The van der Waals surface area contributed by atoms with Gasteiger partial charge in [0.1, 0.15) is 6.04 Å². The van der Waals surface area contributed by atoms with E-state index in [2.05, 4.69) is 20.5 Å². The van der Waals surface area contributed by atoms with Crippen LogP contribution in [-0.4, -0.2) is 46.9 Å². The van der Waals surface area contributed by atoms with Gasteiger partial charge in [-0.25, -0.2) is 4.98 Å². The number of amides is 2. The smallest absolute Gasteiger partial charge is 0.243 e. The standard InChI is InChI=1S/C21H28ClN5O2S/c1-14(27-8-3-2-4-9-27)19(28)26-18(11-15-6-5-7-16(22)10-15)20(29)24-12-17-13-25-21(23)30-17/h5-7,10,13-14,18H,2-4,8-9,11-12H2,1H3,(H2,23,25)(H,24,29)(H,26,28)/t14-,18+/m1/s1. The number of piperidine rings is 1. The first-order valence-corrected chi connectivity index (χ1v) is 11.4. The molecule has 0 aliphatic carbocycles. The summed E-state index contributed by atoms with van der Waals surface area (Å²) in [5.74, 6) is -0.387. The fourth-order valence-corrected chi connectivity index (χ4v) is 4.41. The summed E-state index contributed by atoms with van der Waals surface area (Å²) in [4.78, 5) is 32.9. The van der Waals surface area contributed by atoms with Crippen molar-refractivity contribution < 1.29 is 9.59 Å². The Labute approximate surface area is 186 Å². The number of nitrogen functional groups attached to an aromatic ring is 1. The Morgan fingerprint density at radius 3 is 2.70 bits per heavy atom. The van der Waals surface area contributed by atoms with Crippen LogP contribution in [0.5, 0.6) is 0 Å². The molecule has 30 heavy (non-hydrogen) atoms. The molecule has 7 nitrogen and oxygen atoms in total. The van der Waals surface area contributed by atoms with Gasteiger partial charge in [0.15, 0.2) is 5.13 Å². The van der Waals surface area contributed by atoms with Gasteiger partial charge in [-0.05, 0) is 50.6 Å². The molecule has 0 unspecified atom stereocenters. The van der Waals surface area contributed by atoms with E-state index in [9.17, 15) is 9.59 Å². The molecule has 4 N–H and O–H groups in total. The van der Waals surface area contributed by atoms with Gasteiger partial charge in [0.05, 0.1) is 12.6 Å². The number of benzene rings is 1. The number of aromatic nitrogens is 1. The second-order valence-electron chi connectivity index (χ2n) is 7.55. The molecule has 0 spiro atoms. The van der Waals surface area contributed by atoms with Crippen molar-refractivity contribution >= 4 is 39.9 Å². The number of nitrogens with two attached hydrogens (primary N) is 1. The molecule has 1 aromatic carbocycles. The number of likely N-dealkylation sites (tertiary alicyclic amines) is 1. The molecule has 1 saturated heterocycles. The monoisotopic (exact) mass is 449 g/mol. The fraction of sp³-hybridized carbons (Fsp3) is 0.476. The Balaban J connectivity index is 1.67. The minimum atomic E-state index is -0.700. The number of carbonyl (C=O) groups excluding carboxylic acids is 2. The minimum Gasteiger partial charge on any atom is -0.375 e. The fourth-order valence-electron chi connectivity index (χ4n) is 3.57. The zero-order chi connectivity index (χ0) is 21.5. The number of thiazole rings is 1. The Kier molecular flexibility index (Phi) is 8.07. The highest BCUT2D eigenvalue weighted by molar-refractivity contribution is 7.15. The second-order valence-corrected chi connectivity index (χ2v) is 9.13. The lowest BCUT2D eigenvalue weighted by molar-refractivity contribution is -0.132. The van der Waals surface area contributed by atoms with Gasteiger partial charge >= 0.3 is 0 Å². The molecule has 1 fully saturated rings. The van der Waals surface area contributed by atoms with Crippen LogP contribution < -0.4 is 16.4 Å². The molecule has 2 aromatic rings. The number of hydrogen-bond acceptors (Lipinski definition) is 6. The van der Waals surface area contributed by atoms with Gasteiger partial charge in [-0.1, -0.05) is 30.2 Å². The van der Waals surface area contributed by atoms with Crippen molar-refractivity contribution in [1.82, 2.24) is 20.5 Å². The average molecular weight is 450 g/mol. The number of carbonyl (C=O) groups is 2. The van der Waals surface area contributed by atoms with E-state index in [1.807, 2.05) is 25.1 Å². The van der Waals surface area contributed by atoms with E-state index < -0.39 is 6.04 Å². The first-order chi connectivity index (χ1) is 14.4. The number of anilines is 1. The van der Waals surface area contributed by atoms with E-state index in [-0.39, 0.29) is 17.9 Å². The van der Waals surface area contributed by atoms with Gasteiger partial charge in [-0.2, -0.15) is 0 Å². The summed E-state index contributed by atoms with van der Waals surface area (Å²) >= 11 is 7.42. The van der Waals surface area contributed by atoms with Crippen molar-refractivity contribution in [2.75, 3.05) is 18.8 Å². The van der Waals surface area contributed by atoms with Crippen LogP contribution in [0.3, 0.4) is 0 Å². The lowest BCUT2D eigenvalue weighted by Gasteiger charge is -2.32. The van der Waals surface area contributed by atoms with E-state index >= 15 is 0 Å². The third-order valence-electron chi connectivity index (χ3n) is 5.29. The van der Waals surface area contributed by atoms with Crippen LogP contribution in [0.2, 0.25) is 5.02 Å². The molecule has 0 radical (unpaired) electrons. The largest absolute Gasteiger partial charge is 0.375 e. The minimum absolute atomic E-state index is 0.138. The van der Waals surface area contributed by atoms with Crippen molar-refractivity contribution in [3.05, 3.63) is 45.9 Å². The van der Waals surface area contributed by atoms with E-state index in [1.165, 1.54) is 17.8 Å². The van der Waals surface area contributed by atoms with Gasteiger partial charge in [-0.15, -0.1) is 11.3 Å². The Bertz CT molecular complexity index is 869. The number of halogens is 1. The molecule has 1 aliphatic heterocycles. The van der Waals surface area contributed by atoms with Gasteiger partial charge in [-0.3, -0.25) is 14.5 Å². The van der Waals surface area contributed by atoms with Crippen LogP contribution in [0.15, 0.2) is 30.5 Å². The highest BCUT2D eigenvalue weighted by atomic mass is 35.5. The van der Waals surface area contributed by atoms with E-state index in [1.54, 1.807) is 12.3 Å². The number of rotatable bonds is 8. The van der Waals surface area contributed by atoms with Crippen LogP contribution >= 0.6 is 22.9 Å². The third-order valence-corrected chi connectivity index (χ3v) is 6.35. The van der Waals surface area contributed by atoms with Crippen LogP contribution in [0, 0.1) is 0 Å². The first kappa shape index (κ1) is 22.5. The highest BCUT2D eigenvalue weighted by Crippen LogP contribution is 2.16. The molecule has 1 aliphatic rings. The Morgan fingerprint density at radius 1 is 1.27 bits per heavy atom. The maximum atomic E-state index is 12.9. The average Bonchev–Trinajstić information content (AvgIpc) is 3.16. The summed E-state index contributed by atoms with van der Waals surface area (Å²) < 4.78 is 0. The van der Waals surface area contributed by atoms with Crippen molar-refractivity contribution in [1.29, 1.82) is 0 Å². The molecule has 3 rings (SSSR count). The summed E-state index contributed by atoms with van der Waals surface area (Å²) in [5.41, 5.74) is 6.54. The topological polar surface area (TPSA) is 100 Å². The number of hydrogen-bond donors (Lipinski definition) is 3. The maximum Gasteiger partial charge on any atom is 0.243 e. The summed E-state index contributed by atoms with van der Waals surface area (Å²) in [6.45, 7) is 4.03. The molecule has 0 bridgehead atoms. The molecular weight excluding hydrogens is 422 g/mol. The zero-order valence-corrected chi connectivity index (χ0v) is 18.6. The van der Waals surface area contributed by atoms with Crippen LogP contribution in [0.4, 0.5) is 5.13 Å². The van der Waals surface area contributed by atoms with Gasteiger partial charge in [0.2, 0.25) is 11.8 Å². The molecule has 9 heteroatoms. The Hall–Kier alpha value is -2.16. The van der Waals surface area contributed by atoms with Crippen LogP contribution in [0.25, 0.3) is 0 Å². The quantitative estimate of drug-likeness (QED) is 0.575. The van der Waals surface area contributed by atoms with Crippen molar-refractivity contribution in [2.45, 2.75) is 51.2 Å². The zero-order valence-electron chi connectivity index (χ0n) is 17.1. The molecular formula is C21H28ClN5O2S. The van der Waals surface area contributed by atoms with E-state index in [0.29, 0.717) is 23.1 Å². The summed E-state index contributed by atoms with van der Waals surface area (Å²) in [6, 6.07) is 6.35. The molecule has 1 aromatic heterocycles. The van der Waals surface area contributed by atoms with Crippen molar-refractivity contribution in [3.8, 4) is 0 Å². The predicted molar refractivity (Wildman–Crippen MR) is 120 cm³/mol. The van der Waals surface area contributed by atoms with E-state index in [4.69, 9.17) is 17.3 Å². The van der Waals surface area contributed by atoms with Crippen LogP contribution in [0.1, 0.15) is 36.6 Å². The lowest BCUT2D eigenvalue weighted by atomic mass is 10.0.